The van der Waals surface area contributed by atoms with Crippen LogP contribution in [0.15, 0.2) is 6.07 Å². The lowest BCUT2D eigenvalue weighted by Gasteiger charge is -2.16. The van der Waals surface area contributed by atoms with E-state index in [9.17, 15) is 0 Å². The fourth-order valence-corrected chi connectivity index (χ4v) is 2.25. The molecule has 4 heteroatoms. The Kier molecular flexibility index (Phi) is 4.53. The molecule has 100 valence electrons. The van der Waals surface area contributed by atoms with E-state index in [1.807, 2.05) is 6.92 Å². The summed E-state index contributed by atoms with van der Waals surface area (Å²) >= 11 is 0. The third kappa shape index (κ3) is 3.67. The van der Waals surface area contributed by atoms with Gasteiger partial charge >= 0.3 is 0 Å². The van der Waals surface area contributed by atoms with Gasteiger partial charge in [-0.05, 0) is 38.3 Å². The van der Waals surface area contributed by atoms with Crippen LogP contribution in [-0.4, -0.2) is 29.6 Å². The van der Waals surface area contributed by atoms with Gasteiger partial charge in [0.15, 0.2) is 0 Å². The SMILES string of the molecule is Cc1cc(CNCC(C)C)nc(N2CCCC2)n1. The largest absolute Gasteiger partial charge is 0.341 e. The molecular formula is C14H24N4. The van der Waals surface area contributed by atoms with Crippen LogP contribution in [0.3, 0.4) is 0 Å². The Bertz CT molecular complexity index is 383. The van der Waals surface area contributed by atoms with Crippen LogP contribution in [0.2, 0.25) is 0 Å². The lowest BCUT2D eigenvalue weighted by molar-refractivity contribution is 0.547. The van der Waals surface area contributed by atoms with E-state index in [-0.39, 0.29) is 0 Å². The van der Waals surface area contributed by atoms with Gasteiger partial charge in [-0.15, -0.1) is 0 Å². The molecule has 1 aliphatic rings. The Morgan fingerprint density at radius 2 is 2.00 bits per heavy atom. The molecule has 4 nitrogen and oxygen atoms in total. The summed E-state index contributed by atoms with van der Waals surface area (Å²) in [5, 5.41) is 3.44. The summed E-state index contributed by atoms with van der Waals surface area (Å²) in [5.74, 6) is 1.58. The summed E-state index contributed by atoms with van der Waals surface area (Å²) < 4.78 is 0. The second-order valence-corrected chi connectivity index (χ2v) is 5.52. The summed E-state index contributed by atoms with van der Waals surface area (Å²) in [4.78, 5) is 11.5. The minimum Gasteiger partial charge on any atom is -0.341 e. The first-order valence-corrected chi connectivity index (χ1v) is 6.95. The predicted molar refractivity (Wildman–Crippen MR) is 74.8 cm³/mol. The van der Waals surface area contributed by atoms with Gasteiger partial charge in [-0.3, -0.25) is 0 Å². The van der Waals surface area contributed by atoms with Crippen LogP contribution in [-0.2, 0) is 6.54 Å². The molecule has 2 heterocycles. The van der Waals surface area contributed by atoms with Crippen LogP contribution in [0.25, 0.3) is 0 Å². The van der Waals surface area contributed by atoms with Crippen LogP contribution >= 0.6 is 0 Å². The molecule has 0 bridgehead atoms. The van der Waals surface area contributed by atoms with Crippen LogP contribution in [0.1, 0.15) is 38.1 Å². The van der Waals surface area contributed by atoms with E-state index in [2.05, 4.69) is 40.1 Å². The first-order chi connectivity index (χ1) is 8.65. The Balaban J connectivity index is 2.01. The molecule has 0 spiro atoms. The number of hydrogen-bond donors (Lipinski definition) is 1. The normalized spacial score (nSPS) is 15.7. The van der Waals surface area contributed by atoms with Gasteiger partial charge in [-0.1, -0.05) is 13.8 Å². The molecule has 2 rings (SSSR count). The van der Waals surface area contributed by atoms with Crippen molar-refractivity contribution in [2.45, 2.75) is 40.2 Å². The van der Waals surface area contributed by atoms with Crippen molar-refractivity contribution in [1.29, 1.82) is 0 Å². The minimum atomic E-state index is 0.672. The topological polar surface area (TPSA) is 41.1 Å². The first-order valence-electron chi connectivity index (χ1n) is 6.95. The van der Waals surface area contributed by atoms with Crippen molar-refractivity contribution in [3.05, 3.63) is 17.5 Å². The smallest absolute Gasteiger partial charge is 0.225 e. The van der Waals surface area contributed by atoms with Gasteiger partial charge in [-0.2, -0.15) is 0 Å². The lowest BCUT2D eigenvalue weighted by atomic mass is 10.2. The van der Waals surface area contributed by atoms with E-state index < -0.39 is 0 Å². The van der Waals surface area contributed by atoms with Crippen LogP contribution in [0, 0.1) is 12.8 Å². The quantitative estimate of drug-likeness (QED) is 0.866. The molecular weight excluding hydrogens is 224 g/mol. The number of nitrogens with zero attached hydrogens (tertiary/aromatic N) is 3. The monoisotopic (exact) mass is 248 g/mol. The van der Waals surface area contributed by atoms with Crippen molar-refractivity contribution in [1.82, 2.24) is 15.3 Å². The molecule has 0 radical (unpaired) electrons. The molecule has 1 saturated heterocycles. The summed E-state index contributed by atoms with van der Waals surface area (Å²) in [6, 6.07) is 2.08. The minimum absolute atomic E-state index is 0.672. The van der Waals surface area contributed by atoms with E-state index in [0.29, 0.717) is 5.92 Å². The van der Waals surface area contributed by atoms with E-state index in [1.165, 1.54) is 12.8 Å². The van der Waals surface area contributed by atoms with Gasteiger partial charge in [-0.25, -0.2) is 9.97 Å². The maximum absolute atomic E-state index is 4.66. The van der Waals surface area contributed by atoms with Crippen molar-refractivity contribution >= 4 is 5.95 Å². The molecule has 1 aliphatic heterocycles. The van der Waals surface area contributed by atoms with Crippen molar-refractivity contribution < 1.29 is 0 Å². The second-order valence-electron chi connectivity index (χ2n) is 5.52. The summed E-state index contributed by atoms with van der Waals surface area (Å²) in [6.07, 6.45) is 2.52. The van der Waals surface area contributed by atoms with Crippen LogP contribution < -0.4 is 10.2 Å². The van der Waals surface area contributed by atoms with E-state index in [0.717, 1.165) is 43.5 Å². The molecule has 0 unspecified atom stereocenters. The third-order valence-corrected chi connectivity index (χ3v) is 3.14. The number of rotatable bonds is 5. The highest BCUT2D eigenvalue weighted by molar-refractivity contribution is 5.33. The zero-order valence-corrected chi connectivity index (χ0v) is 11.7. The summed E-state index contributed by atoms with van der Waals surface area (Å²) in [5.41, 5.74) is 2.17. The fourth-order valence-electron chi connectivity index (χ4n) is 2.25. The third-order valence-electron chi connectivity index (χ3n) is 3.14. The Morgan fingerprint density at radius 1 is 1.28 bits per heavy atom. The van der Waals surface area contributed by atoms with E-state index >= 15 is 0 Å². The zero-order valence-electron chi connectivity index (χ0n) is 11.7. The number of nitrogens with one attached hydrogen (secondary N) is 1. The number of aromatic nitrogens is 2. The van der Waals surface area contributed by atoms with Gasteiger partial charge in [0, 0.05) is 25.3 Å². The molecule has 0 aromatic carbocycles. The maximum atomic E-state index is 4.66. The van der Waals surface area contributed by atoms with Gasteiger partial charge < -0.3 is 10.2 Å². The maximum Gasteiger partial charge on any atom is 0.225 e. The first kappa shape index (κ1) is 13.3. The number of aryl methyl sites for hydroxylation is 1. The summed E-state index contributed by atoms with van der Waals surface area (Å²) in [6.45, 7) is 10.5. The fraction of sp³-hybridized carbons (Fsp3) is 0.714. The highest BCUT2D eigenvalue weighted by atomic mass is 15.3. The molecule has 0 atom stereocenters. The highest BCUT2D eigenvalue weighted by Gasteiger charge is 2.15. The lowest BCUT2D eigenvalue weighted by Crippen LogP contribution is -2.23. The van der Waals surface area contributed by atoms with Crippen molar-refractivity contribution in [3.8, 4) is 0 Å². The highest BCUT2D eigenvalue weighted by Crippen LogP contribution is 2.16. The van der Waals surface area contributed by atoms with Gasteiger partial charge in [0.2, 0.25) is 5.95 Å². The zero-order chi connectivity index (χ0) is 13.0. The second kappa shape index (κ2) is 6.14. The molecule has 1 aromatic heterocycles. The van der Waals surface area contributed by atoms with Gasteiger partial charge in [0.1, 0.15) is 0 Å². The predicted octanol–water partition coefficient (Wildman–Crippen LogP) is 2.13. The average Bonchev–Trinajstić information content (AvgIpc) is 2.81. The molecule has 0 saturated carbocycles. The van der Waals surface area contributed by atoms with E-state index in [4.69, 9.17) is 0 Å². The summed E-state index contributed by atoms with van der Waals surface area (Å²) in [7, 11) is 0. The number of anilines is 1. The molecule has 1 aromatic rings. The van der Waals surface area contributed by atoms with Gasteiger partial charge in [0.25, 0.3) is 0 Å². The Morgan fingerprint density at radius 3 is 2.67 bits per heavy atom. The molecule has 1 N–H and O–H groups in total. The van der Waals surface area contributed by atoms with Crippen LogP contribution in [0.5, 0.6) is 0 Å². The van der Waals surface area contributed by atoms with Crippen molar-refractivity contribution in [2.75, 3.05) is 24.5 Å². The Labute approximate surface area is 110 Å². The molecule has 0 aliphatic carbocycles. The Hall–Kier alpha value is -1.16. The van der Waals surface area contributed by atoms with Gasteiger partial charge in [0.05, 0.1) is 5.69 Å². The molecule has 1 fully saturated rings. The standard InChI is InChI=1S/C14H24N4/c1-11(2)9-15-10-13-8-12(3)16-14(17-13)18-6-4-5-7-18/h8,11,15H,4-7,9-10H2,1-3H3. The van der Waals surface area contributed by atoms with Crippen LogP contribution in [0.4, 0.5) is 5.95 Å². The van der Waals surface area contributed by atoms with Crippen molar-refractivity contribution in [2.24, 2.45) is 5.92 Å². The number of hydrogen-bond acceptors (Lipinski definition) is 4. The average molecular weight is 248 g/mol. The van der Waals surface area contributed by atoms with E-state index in [1.54, 1.807) is 0 Å². The van der Waals surface area contributed by atoms with Crippen molar-refractivity contribution in [3.63, 3.8) is 0 Å². The molecule has 18 heavy (non-hydrogen) atoms. The molecule has 0 amide bonds.